The predicted molar refractivity (Wildman–Crippen MR) is 126 cm³/mol. The van der Waals surface area contributed by atoms with Crippen LogP contribution in [0.2, 0.25) is 0 Å². The lowest BCUT2D eigenvalue weighted by molar-refractivity contribution is -0.136. The number of hydrogen-bond acceptors (Lipinski definition) is 5. The van der Waals surface area contributed by atoms with Gasteiger partial charge in [0, 0.05) is 44.6 Å². The van der Waals surface area contributed by atoms with Crippen LogP contribution in [0.15, 0.2) is 42.5 Å². The molecular weight excluding hydrogens is 404 g/mol. The third-order valence-corrected chi connectivity index (χ3v) is 6.38. The van der Waals surface area contributed by atoms with Crippen LogP contribution >= 0.6 is 0 Å². The van der Waals surface area contributed by atoms with Crippen molar-refractivity contribution in [2.24, 2.45) is 0 Å². The number of hydrogen-bond donors (Lipinski definition) is 2. The minimum Gasteiger partial charge on any atom is -0.379 e. The average Bonchev–Trinajstić information content (AvgIpc) is 3.20. The van der Waals surface area contributed by atoms with Gasteiger partial charge in [0.15, 0.2) is 0 Å². The smallest absolute Gasteiger partial charge is 0.313 e. The van der Waals surface area contributed by atoms with E-state index in [0.717, 1.165) is 38.0 Å². The molecular formula is C25H32N4O3. The van der Waals surface area contributed by atoms with Gasteiger partial charge in [-0.1, -0.05) is 31.2 Å². The van der Waals surface area contributed by atoms with Gasteiger partial charge in [0.25, 0.3) is 0 Å². The van der Waals surface area contributed by atoms with Gasteiger partial charge >= 0.3 is 11.8 Å². The average molecular weight is 437 g/mol. The van der Waals surface area contributed by atoms with Crippen molar-refractivity contribution < 1.29 is 14.3 Å². The molecule has 2 aliphatic heterocycles. The highest BCUT2D eigenvalue weighted by molar-refractivity contribution is 6.39. The van der Waals surface area contributed by atoms with E-state index in [2.05, 4.69) is 52.6 Å². The second kappa shape index (κ2) is 10.1. The monoisotopic (exact) mass is 436 g/mol. The Morgan fingerprint density at radius 1 is 1.03 bits per heavy atom. The number of amides is 2. The molecule has 1 saturated heterocycles. The number of aryl methyl sites for hydroxylation is 1. The van der Waals surface area contributed by atoms with Gasteiger partial charge in [-0.3, -0.25) is 14.5 Å². The SMILES string of the molecule is CCc1ccc(NC(=O)C(=O)NC[C@@H](c2ccc3c(c2)CCN3C)N2CCOCC2)cc1. The van der Waals surface area contributed by atoms with Crippen LogP contribution in [-0.4, -0.2) is 63.2 Å². The number of anilines is 2. The third-order valence-electron chi connectivity index (χ3n) is 6.38. The van der Waals surface area contributed by atoms with E-state index in [4.69, 9.17) is 4.74 Å². The Bertz CT molecular complexity index is 954. The van der Waals surface area contributed by atoms with Crippen molar-refractivity contribution in [2.45, 2.75) is 25.8 Å². The van der Waals surface area contributed by atoms with E-state index in [1.807, 2.05) is 24.3 Å². The first-order chi connectivity index (χ1) is 15.5. The fourth-order valence-corrected chi connectivity index (χ4v) is 4.42. The quantitative estimate of drug-likeness (QED) is 0.680. The molecule has 2 N–H and O–H groups in total. The Morgan fingerprint density at radius 3 is 2.50 bits per heavy atom. The fourth-order valence-electron chi connectivity index (χ4n) is 4.42. The molecule has 0 aliphatic carbocycles. The molecule has 0 saturated carbocycles. The summed E-state index contributed by atoms with van der Waals surface area (Å²) in [7, 11) is 2.11. The number of nitrogens with one attached hydrogen (secondary N) is 2. The van der Waals surface area contributed by atoms with Gasteiger partial charge in [0.2, 0.25) is 0 Å². The normalized spacial score (nSPS) is 17.0. The van der Waals surface area contributed by atoms with Gasteiger partial charge in [-0.15, -0.1) is 0 Å². The first kappa shape index (κ1) is 22.3. The maximum Gasteiger partial charge on any atom is 0.313 e. The number of likely N-dealkylation sites (N-methyl/N-ethyl adjacent to an activating group) is 1. The zero-order valence-corrected chi connectivity index (χ0v) is 18.9. The molecule has 4 rings (SSSR count). The molecule has 170 valence electrons. The number of carbonyl (C=O) groups excluding carboxylic acids is 2. The largest absolute Gasteiger partial charge is 0.379 e. The Hall–Kier alpha value is -2.90. The topological polar surface area (TPSA) is 73.9 Å². The van der Waals surface area contributed by atoms with Crippen molar-refractivity contribution in [3.05, 3.63) is 59.2 Å². The Labute approximate surface area is 189 Å². The molecule has 32 heavy (non-hydrogen) atoms. The lowest BCUT2D eigenvalue weighted by Gasteiger charge is -2.35. The summed E-state index contributed by atoms with van der Waals surface area (Å²) in [4.78, 5) is 29.6. The highest BCUT2D eigenvalue weighted by Gasteiger charge is 2.26. The van der Waals surface area contributed by atoms with Crippen LogP contribution in [0.25, 0.3) is 0 Å². The van der Waals surface area contributed by atoms with Gasteiger partial charge in [-0.25, -0.2) is 0 Å². The van der Waals surface area contributed by atoms with Crippen LogP contribution in [0.1, 0.15) is 29.7 Å². The molecule has 0 spiro atoms. The molecule has 2 heterocycles. The Balaban J connectivity index is 1.42. The molecule has 0 radical (unpaired) electrons. The number of morpholine rings is 1. The maximum absolute atomic E-state index is 12.5. The van der Waals surface area contributed by atoms with Crippen molar-refractivity contribution in [3.63, 3.8) is 0 Å². The van der Waals surface area contributed by atoms with Crippen molar-refractivity contribution in [3.8, 4) is 0 Å². The Kier molecular flexibility index (Phi) is 7.07. The van der Waals surface area contributed by atoms with Gasteiger partial charge in [0.05, 0.1) is 19.3 Å². The summed E-state index contributed by atoms with van der Waals surface area (Å²) in [5.74, 6) is -1.27. The van der Waals surface area contributed by atoms with Crippen LogP contribution in [0, 0.1) is 0 Å². The molecule has 2 amide bonds. The van der Waals surface area contributed by atoms with Gasteiger partial charge in [-0.05, 0) is 47.7 Å². The van der Waals surface area contributed by atoms with Crippen molar-refractivity contribution >= 4 is 23.2 Å². The predicted octanol–water partition coefficient (Wildman–Crippen LogP) is 2.37. The second-order valence-corrected chi connectivity index (χ2v) is 8.44. The van der Waals surface area contributed by atoms with Crippen molar-refractivity contribution in [2.75, 3.05) is 56.7 Å². The molecule has 1 atom stereocenters. The lowest BCUT2D eigenvalue weighted by atomic mass is 10.0. The van der Waals surface area contributed by atoms with Crippen LogP contribution < -0.4 is 15.5 Å². The van der Waals surface area contributed by atoms with Gasteiger partial charge in [-0.2, -0.15) is 0 Å². The molecule has 7 heteroatoms. The number of nitrogens with zero attached hydrogens (tertiary/aromatic N) is 2. The number of benzene rings is 2. The number of carbonyl (C=O) groups is 2. The molecule has 2 aromatic rings. The number of fused-ring (bicyclic) bond motifs is 1. The van der Waals surface area contributed by atoms with Crippen LogP contribution in [0.4, 0.5) is 11.4 Å². The summed E-state index contributed by atoms with van der Waals surface area (Å²) < 4.78 is 5.52. The zero-order chi connectivity index (χ0) is 22.5. The molecule has 0 unspecified atom stereocenters. The summed E-state index contributed by atoms with van der Waals surface area (Å²) in [6, 6.07) is 14.1. The van der Waals surface area contributed by atoms with Gasteiger partial charge < -0.3 is 20.3 Å². The fraction of sp³-hybridized carbons (Fsp3) is 0.440. The number of rotatable bonds is 6. The summed E-state index contributed by atoms with van der Waals surface area (Å²) in [5.41, 5.74) is 5.57. The Morgan fingerprint density at radius 2 is 1.78 bits per heavy atom. The van der Waals surface area contributed by atoms with Crippen molar-refractivity contribution in [1.82, 2.24) is 10.2 Å². The summed E-state index contributed by atoms with van der Waals surface area (Å²) in [6.45, 7) is 6.41. The van der Waals surface area contributed by atoms with Crippen LogP contribution in [-0.2, 0) is 27.2 Å². The molecule has 0 bridgehead atoms. The van der Waals surface area contributed by atoms with E-state index in [1.165, 1.54) is 16.8 Å². The first-order valence-corrected chi connectivity index (χ1v) is 11.4. The standard InChI is InChI=1S/C25H32N4O3/c1-3-18-4-7-21(8-5-18)27-25(31)24(30)26-17-23(29-12-14-32-15-13-29)19-6-9-22-20(16-19)10-11-28(22)2/h4-9,16,23H,3,10-15,17H2,1-2H3,(H,26,30)(H,27,31)/t23-/m0/s1. The molecule has 2 aromatic carbocycles. The highest BCUT2D eigenvalue weighted by atomic mass is 16.5. The zero-order valence-electron chi connectivity index (χ0n) is 18.9. The molecule has 7 nitrogen and oxygen atoms in total. The molecule has 2 aliphatic rings. The van der Waals surface area contributed by atoms with Gasteiger partial charge in [0.1, 0.15) is 0 Å². The van der Waals surface area contributed by atoms with E-state index >= 15 is 0 Å². The maximum atomic E-state index is 12.5. The molecule has 1 fully saturated rings. The van der Waals surface area contributed by atoms with E-state index in [-0.39, 0.29) is 6.04 Å². The van der Waals surface area contributed by atoms with E-state index in [0.29, 0.717) is 25.4 Å². The minimum absolute atomic E-state index is 0.00399. The van der Waals surface area contributed by atoms with E-state index in [9.17, 15) is 9.59 Å². The van der Waals surface area contributed by atoms with E-state index in [1.54, 1.807) is 0 Å². The summed E-state index contributed by atoms with van der Waals surface area (Å²) in [6.07, 6.45) is 1.96. The van der Waals surface area contributed by atoms with Crippen molar-refractivity contribution in [1.29, 1.82) is 0 Å². The summed E-state index contributed by atoms with van der Waals surface area (Å²) in [5, 5.41) is 5.54. The summed E-state index contributed by atoms with van der Waals surface area (Å²) >= 11 is 0. The third kappa shape index (κ3) is 5.11. The lowest BCUT2D eigenvalue weighted by Crippen LogP contribution is -2.45. The highest BCUT2D eigenvalue weighted by Crippen LogP contribution is 2.31. The number of ether oxygens (including phenoxy) is 1. The van der Waals surface area contributed by atoms with E-state index < -0.39 is 11.8 Å². The molecule has 0 aromatic heterocycles. The van der Waals surface area contributed by atoms with Crippen LogP contribution in [0.3, 0.4) is 0 Å². The first-order valence-electron chi connectivity index (χ1n) is 11.4. The second-order valence-electron chi connectivity index (χ2n) is 8.44. The minimum atomic E-state index is -0.648. The van der Waals surface area contributed by atoms with Crippen LogP contribution in [0.5, 0.6) is 0 Å².